The number of aromatic nitrogens is 1. The molecule has 0 aliphatic carbocycles. The number of nitrogens with zero attached hydrogens (tertiary/aromatic N) is 3. The average Bonchev–Trinajstić information content (AvgIpc) is 3.12. The minimum absolute atomic E-state index is 0.0357. The highest BCUT2D eigenvalue weighted by atomic mass is 32.1. The molecule has 4 rings (SSSR count). The predicted octanol–water partition coefficient (Wildman–Crippen LogP) is 2.33. The molecule has 1 aliphatic heterocycles. The van der Waals surface area contributed by atoms with Crippen LogP contribution in [0.25, 0.3) is 6.08 Å². The summed E-state index contributed by atoms with van der Waals surface area (Å²) in [5.41, 5.74) is 1.71. The normalized spacial score (nSPS) is 15.6. The van der Waals surface area contributed by atoms with Crippen LogP contribution in [0.2, 0.25) is 0 Å². The van der Waals surface area contributed by atoms with Gasteiger partial charge in [0.05, 0.1) is 41.0 Å². The lowest BCUT2D eigenvalue weighted by Crippen LogP contribution is -2.39. The average molecular weight is 465 g/mol. The Morgan fingerprint density at radius 3 is 2.39 bits per heavy atom. The number of thiazole rings is 1. The zero-order valence-corrected chi connectivity index (χ0v) is 18.8. The van der Waals surface area contributed by atoms with Crippen molar-refractivity contribution in [2.24, 2.45) is 4.99 Å². The van der Waals surface area contributed by atoms with Gasteiger partial charge in [-0.2, -0.15) is 0 Å². The van der Waals surface area contributed by atoms with Gasteiger partial charge >= 0.3 is 5.97 Å². The number of nitro groups is 1. The second kappa shape index (κ2) is 8.83. The van der Waals surface area contributed by atoms with Crippen LogP contribution >= 0.6 is 11.3 Å². The number of carbonyl (C=O) groups excluding carboxylic acids is 1. The highest BCUT2D eigenvalue weighted by Gasteiger charge is 2.33. The molecule has 0 saturated heterocycles. The number of allylic oxidation sites excluding steroid dienone is 1. The van der Waals surface area contributed by atoms with Crippen LogP contribution in [0.5, 0.6) is 5.75 Å². The van der Waals surface area contributed by atoms with Crippen molar-refractivity contribution in [1.29, 1.82) is 0 Å². The second-order valence-electron chi connectivity index (χ2n) is 7.20. The number of carbonyl (C=O) groups is 1. The van der Waals surface area contributed by atoms with E-state index in [-0.39, 0.29) is 16.8 Å². The molecule has 10 heteroatoms. The van der Waals surface area contributed by atoms with Crippen LogP contribution in [0, 0.1) is 10.1 Å². The fourth-order valence-corrected chi connectivity index (χ4v) is 4.68. The molecule has 0 radical (unpaired) electrons. The van der Waals surface area contributed by atoms with E-state index in [0.717, 1.165) is 0 Å². The van der Waals surface area contributed by atoms with Gasteiger partial charge in [0.1, 0.15) is 5.75 Å². The monoisotopic (exact) mass is 465 g/mol. The maximum absolute atomic E-state index is 13.4. The summed E-state index contributed by atoms with van der Waals surface area (Å²) in [5, 5.41) is 10.9. The molecule has 0 unspecified atom stereocenters. The number of hydrogen-bond acceptors (Lipinski definition) is 8. The smallest absolute Gasteiger partial charge is 0.338 e. The quantitative estimate of drug-likeness (QED) is 0.325. The number of esters is 1. The van der Waals surface area contributed by atoms with Gasteiger partial charge in [-0.05, 0) is 48.4 Å². The van der Waals surface area contributed by atoms with Gasteiger partial charge in [-0.25, -0.2) is 9.79 Å². The first-order chi connectivity index (χ1) is 15.8. The number of rotatable bonds is 5. The van der Waals surface area contributed by atoms with Crippen molar-refractivity contribution in [3.05, 3.63) is 101 Å². The third-order valence-corrected chi connectivity index (χ3v) is 6.24. The largest absolute Gasteiger partial charge is 0.497 e. The van der Waals surface area contributed by atoms with Crippen LogP contribution in [0.1, 0.15) is 24.1 Å². The lowest BCUT2D eigenvalue weighted by atomic mass is 9.96. The molecule has 0 amide bonds. The van der Waals surface area contributed by atoms with E-state index in [1.54, 1.807) is 56.5 Å². The zero-order valence-electron chi connectivity index (χ0n) is 18.0. The van der Waals surface area contributed by atoms with Crippen molar-refractivity contribution < 1.29 is 19.2 Å². The molecule has 0 saturated carbocycles. The van der Waals surface area contributed by atoms with Gasteiger partial charge in [0, 0.05) is 12.1 Å². The Hall–Kier alpha value is -4.05. The number of hydrogen-bond donors (Lipinski definition) is 0. The Balaban J connectivity index is 1.90. The molecule has 1 aromatic heterocycles. The van der Waals surface area contributed by atoms with Gasteiger partial charge < -0.3 is 9.47 Å². The summed E-state index contributed by atoms with van der Waals surface area (Å²) in [5.74, 6) is 0.0753. The number of methoxy groups -OCH3 is 2. The highest BCUT2D eigenvalue weighted by Crippen LogP contribution is 2.31. The van der Waals surface area contributed by atoms with Crippen LogP contribution < -0.4 is 19.6 Å². The molecule has 2 heterocycles. The zero-order chi connectivity index (χ0) is 23.7. The molecule has 168 valence electrons. The molecule has 33 heavy (non-hydrogen) atoms. The van der Waals surface area contributed by atoms with Gasteiger partial charge in [-0.15, -0.1) is 0 Å². The minimum Gasteiger partial charge on any atom is -0.497 e. The third-order valence-electron chi connectivity index (χ3n) is 5.26. The van der Waals surface area contributed by atoms with Crippen LogP contribution in [0.4, 0.5) is 5.69 Å². The first-order valence-corrected chi connectivity index (χ1v) is 10.6. The molecular weight excluding hydrogens is 446 g/mol. The van der Waals surface area contributed by atoms with E-state index in [4.69, 9.17) is 9.47 Å². The Morgan fingerprint density at radius 2 is 1.82 bits per heavy atom. The van der Waals surface area contributed by atoms with Gasteiger partial charge in [-0.1, -0.05) is 23.5 Å². The Labute approximate surface area is 191 Å². The van der Waals surface area contributed by atoms with E-state index in [1.807, 2.05) is 0 Å². The SMILES string of the molecule is COC(=O)C1=C(C)N=c2sc(=Cc3ccc([N+](=O)[O-])cc3)c(=O)n2[C@@H]1c1ccc(OC)cc1. The lowest BCUT2D eigenvalue weighted by Gasteiger charge is -2.24. The summed E-state index contributed by atoms with van der Waals surface area (Å²) < 4.78 is 12.1. The standard InChI is InChI=1S/C23H19N3O6S/c1-13-19(22(28)32-3)20(15-6-10-17(31-2)11-7-15)25-21(27)18(33-23(25)24-13)12-14-4-8-16(9-5-14)26(29)30/h4-12,20H,1-3H3/t20-/m1/s1. The molecule has 3 aromatic rings. The summed E-state index contributed by atoms with van der Waals surface area (Å²) in [4.78, 5) is 41.4. The number of ether oxygens (including phenoxy) is 2. The topological polar surface area (TPSA) is 113 Å². The van der Waals surface area contributed by atoms with Crippen LogP contribution in [-0.2, 0) is 9.53 Å². The van der Waals surface area contributed by atoms with Crippen molar-refractivity contribution in [3.63, 3.8) is 0 Å². The molecule has 1 aliphatic rings. The van der Waals surface area contributed by atoms with Crippen LogP contribution in [0.15, 0.2) is 69.6 Å². The molecule has 0 N–H and O–H groups in total. The molecular formula is C23H19N3O6S. The maximum atomic E-state index is 13.4. The van der Waals surface area contributed by atoms with Gasteiger partial charge in [-0.3, -0.25) is 19.5 Å². The van der Waals surface area contributed by atoms with E-state index in [9.17, 15) is 19.7 Å². The van der Waals surface area contributed by atoms with Crippen LogP contribution in [-0.4, -0.2) is 29.7 Å². The van der Waals surface area contributed by atoms with E-state index in [2.05, 4.69) is 4.99 Å². The highest BCUT2D eigenvalue weighted by molar-refractivity contribution is 7.07. The maximum Gasteiger partial charge on any atom is 0.338 e. The third kappa shape index (κ3) is 4.08. The summed E-state index contributed by atoms with van der Waals surface area (Å²) in [6, 6.07) is 12.3. The van der Waals surface area contributed by atoms with Gasteiger partial charge in [0.25, 0.3) is 11.2 Å². The summed E-state index contributed by atoms with van der Waals surface area (Å²) in [6.45, 7) is 1.70. The van der Waals surface area contributed by atoms with E-state index >= 15 is 0 Å². The predicted molar refractivity (Wildman–Crippen MR) is 122 cm³/mol. The van der Waals surface area contributed by atoms with Crippen LogP contribution in [0.3, 0.4) is 0 Å². The van der Waals surface area contributed by atoms with Gasteiger partial charge in [0.15, 0.2) is 4.80 Å². The molecule has 0 bridgehead atoms. The number of nitro benzene ring substituents is 1. The van der Waals surface area contributed by atoms with Crippen molar-refractivity contribution >= 4 is 29.1 Å². The molecule has 9 nitrogen and oxygen atoms in total. The second-order valence-corrected chi connectivity index (χ2v) is 8.20. The van der Waals surface area contributed by atoms with Crippen molar-refractivity contribution in [2.45, 2.75) is 13.0 Å². The number of non-ortho nitro benzene ring substituents is 1. The number of fused-ring (bicyclic) bond motifs is 1. The van der Waals surface area contributed by atoms with E-state index < -0.39 is 16.9 Å². The first kappa shape index (κ1) is 22.2. The van der Waals surface area contributed by atoms with Gasteiger partial charge in [0.2, 0.25) is 0 Å². The minimum atomic E-state index is -0.724. The Bertz CT molecular complexity index is 1450. The van der Waals surface area contributed by atoms with E-state index in [0.29, 0.717) is 31.9 Å². The van der Waals surface area contributed by atoms with Crippen molar-refractivity contribution in [1.82, 2.24) is 4.57 Å². The fourth-order valence-electron chi connectivity index (χ4n) is 3.64. The Morgan fingerprint density at radius 1 is 1.15 bits per heavy atom. The summed E-state index contributed by atoms with van der Waals surface area (Å²) in [7, 11) is 2.84. The molecule has 0 fully saturated rings. The van der Waals surface area contributed by atoms with Crippen molar-refractivity contribution in [3.8, 4) is 5.75 Å². The number of benzene rings is 2. The summed E-state index contributed by atoms with van der Waals surface area (Å²) >= 11 is 1.18. The fraction of sp³-hybridized carbons (Fsp3) is 0.174. The molecule has 2 aromatic carbocycles. The van der Waals surface area contributed by atoms with Crippen molar-refractivity contribution in [2.75, 3.05) is 14.2 Å². The lowest BCUT2D eigenvalue weighted by molar-refractivity contribution is -0.384. The van der Waals surface area contributed by atoms with E-state index in [1.165, 1.54) is 35.1 Å². The summed E-state index contributed by atoms with van der Waals surface area (Å²) in [6.07, 6.45) is 1.65. The Kier molecular flexibility index (Phi) is 5.93. The first-order valence-electron chi connectivity index (χ1n) is 9.83. The molecule has 0 spiro atoms. The molecule has 1 atom stereocenters.